The third kappa shape index (κ3) is 5.74. The van der Waals surface area contributed by atoms with Gasteiger partial charge in [-0.2, -0.15) is 0 Å². The Labute approximate surface area is 242 Å². The summed E-state index contributed by atoms with van der Waals surface area (Å²) in [6, 6.07) is 15.5. The fourth-order valence-electron chi connectivity index (χ4n) is 5.62. The molecule has 11 heteroatoms. The van der Waals surface area contributed by atoms with E-state index in [9.17, 15) is 24.0 Å². The first kappa shape index (κ1) is 27.6. The van der Waals surface area contributed by atoms with Gasteiger partial charge in [-0.1, -0.05) is 36.4 Å². The lowest BCUT2D eigenvalue weighted by molar-refractivity contribution is -0.133. The number of hydrogen-bond acceptors (Lipinski definition) is 9. The number of imide groups is 1. The van der Waals surface area contributed by atoms with Crippen LogP contribution in [0.15, 0.2) is 59.0 Å². The molecule has 0 bridgehead atoms. The quantitative estimate of drug-likeness (QED) is 0.271. The van der Waals surface area contributed by atoms with Crippen LogP contribution in [0.3, 0.4) is 0 Å². The number of hydrogen-bond donors (Lipinski definition) is 3. The van der Waals surface area contributed by atoms with Crippen molar-refractivity contribution in [1.82, 2.24) is 20.4 Å². The molecule has 0 spiro atoms. The Morgan fingerprint density at radius 3 is 2.38 bits per heavy atom. The number of benzene rings is 2. The summed E-state index contributed by atoms with van der Waals surface area (Å²) < 4.78 is 5.54. The fourth-order valence-corrected chi connectivity index (χ4v) is 5.62. The molecule has 0 saturated carbocycles. The lowest BCUT2D eigenvalue weighted by Crippen LogP contribution is -2.48. The topological polar surface area (TPSA) is 141 Å². The molecule has 11 nitrogen and oxygen atoms in total. The van der Waals surface area contributed by atoms with Gasteiger partial charge in [0.2, 0.25) is 17.6 Å². The van der Waals surface area contributed by atoms with Crippen molar-refractivity contribution < 1.29 is 28.4 Å². The van der Waals surface area contributed by atoms with Crippen LogP contribution in [-0.2, 0) is 16.1 Å². The van der Waals surface area contributed by atoms with Crippen LogP contribution in [0.1, 0.15) is 61.0 Å². The van der Waals surface area contributed by atoms with E-state index in [0.717, 1.165) is 44.0 Å². The Bertz CT molecular complexity index is 1520. The molecule has 1 aromatic heterocycles. The van der Waals surface area contributed by atoms with Gasteiger partial charge in [0.15, 0.2) is 17.3 Å². The Morgan fingerprint density at radius 2 is 1.62 bits per heavy atom. The van der Waals surface area contributed by atoms with E-state index in [-0.39, 0.29) is 40.2 Å². The van der Waals surface area contributed by atoms with E-state index in [2.05, 4.69) is 31.8 Å². The maximum atomic E-state index is 12.8. The molecule has 3 heterocycles. The number of furan rings is 1. The molecule has 1 atom stereocenters. The van der Waals surface area contributed by atoms with Crippen LogP contribution < -0.4 is 16.0 Å². The number of piperazine rings is 1. The summed E-state index contributed by atoms with van der Waals surface area (Å²) in [7, 11) is 0. The lowest BCUT2D eigenvalue weighted by atomic mass is 9.89. The van der Waals surface area contributed by atoms with Crippen LogP contribution in [-0.4, -0.2) is 84.4 Å². The van der Waals surface area contributed by atoms with Gasteiger partial charge in [-0.15, -0.1) is 0 Å². The van der Waals surface area contributed by atoms with Crippen molar-refractivity contribution in [2.24, 2.45) is 0 Å². The van der Waals surface area contributed by atoms with Crippen molar-refractivity contribution in [2.75, 3.05) is 44.6 Å². The van der Waals surface area contributed by atoms with Crippen molar-refractivity contribution in [3.8, 4) is 0 Å². The van der Waals surface area contributed by atoms with Gasteiger partial charge in [0, 0.05) is 75.1 Å². The molecule has 2 aliphatic heterocycles. The van der Waals surface area contributed by atoms with Crippen LogP contribution in [0.4, 0.5) is 5.69 Å². The van der Waals surface area contributed by atoms with Gasteiger partial charge < -0.3 is 15.1 Å². The second-order valence-electron chi connectivity index (χ2n) is 10.8. The number of nitrogens with one attached hydrogen (secondary N) is 3. The summed E-state index contributed by atoms with van der Waals surface area (Å²) in [5.74, 6) is -1.83. The van der Waals surface area contributed by atoms with Crippen molar-refractivity contribution in [3.63, 3.8) is 0 Å². The zero-order valence-electron chi connectivity index (χ0n) is 23.0. The van der Waals surface area contributed by atoms with Gasteiger partial charge >= 0.3 is 0 Å². The van der Waals surface area contributed by atoms with E-state index >= 15 is 0 Å². The van der Waals surface area contributed by atoms with E-state index in [1.165, 1.54) is 6.07 Å². The molecule has 42 heavy (non-hydrogen) atoms. The van der Waals surface area contributed by atoms with Crippen molar-refractivity contribution in [3.05, 3.63) is 88.4 Å². The molecule has 6 rings (SSSR count). The minimum Gasteiger partial charge on any atom is -0.447 e. The largest absolute Gasteiger partial charge is 0.447 e. The average Bonchev–Trinajstić information content (AvgIpc) is 3.45. The maximum absolute atomic E-state index is 12.8. The molecule has 216 valence electrons. The van der Waals surface area contributed by atoms with E-state index in [4.69, 9.17) is 4.42 Å². The highest BCUT2D eigenvalue weighted by molar-refractivity contribution is 6.27. The number of anilines is 1. The summed E-state index contributed by atoms with van der Waals surface area (Å²) >= 11 is 0. The van der Waals surface area contributed by atoms with Crippen molar-refractivity contribution in [1.29, 1.82) is 0 Å². The number of nitrogens with zero attached hydrogens (tertiary/aromatic N) is 2. The first-order chi connectivity index (χ1) is 20.4. The van der Waals surface area contributed by atoms with Gasteiger partial charge in [0.05, 0.1) is 5.56 Å². The smallest absolute Gasteiger partial charge is 0.287 e. The molecule has 3 amide bonds. The van der Waals surface area contributed by atoms with Crippen LogP contribution in [0, 0.1) is 0 Å². The molecular formula is C31H31N5O6. The Balaban J connectivity index is 0.953. The normalized spacial score (nSPS) is 19.2. The number of amides is 3. The fraction of sp³-hybridized carbons (Fsp3) is 0.323. The second-order valence-corrected chi connectivity index (χ2v) is 10.8. The molecule has 2 fully saturated rings. The van der Waals surface area contributed by atoms with E-state index < -0.39 is 17.7 Å². The highest BCUT2D eigenvalue weighted by Gasteiger charge is 2.34. The molecule has 1 unspecified atom stereocenters. The minimum atomic E-state index is -0.460. The monoisotopic (exact) mass is 569 g/mol. The number of ketones is 2. The minimum absolute atomic E-state index is 0.0475. The number of carbonyl (C=O) groups is 5. The van der Waals surface area contributed by atoms with Crippen LogP contribution in [0.25, 0.3) is 0 Å². The molecule has 2 saturated heterocycles. The highest BCUT2D eigenvalue weighted by Crippen LogP contribution is 2.29. The predicted octanol–water partition coefficient (Wildman–Crippen LogP) is 1.82. The van der Waals surface area contributed by atoms with E-state index in [1.807, 2.05) is 18.2 Å². The standard InChI is InChI=1S/C31H31N5O6/c37-26-9-8-24(30(40)34-26)33-20-5-3-4-19(16-20)18-36-14-12-35(13-15-36)11-10-32-31(41)25-17-23-27(38)21-6-1-2-7-22(21)28(39)29(23)42-25/h1-7,16-17,24,33H,8-15,18H2,(H,32,41)(H,34,37,40). The third-order valence-electron chi connectivity index (χ3n) is 7.91. The summed E-state index contributed by atoms with van der Waals surface area (Å²) in [6.45, 7) is 5.28. The zero-order valence-corrected chi connectivity index (χ0v) is 23.0. The number of carbonyl (C=O) groups excluding carboxylic acids is 5. The Kier molecular flexibility index (Phi) is 7.68. The van der Waals surface area contributed by atoms with Gasteiger partial charge in [0.1, 0.15) is 6.04 Å². The van der Waals surface area contributed by atoms with Gasteiger partial charge in [-0.3, -0.25) is 39.1 Å². The molecular weight excluding hydrogens is 538 g/mol. The van der Waals surface area contributed by atoms with E-state index in [0.29, 0.717) is 31.5 Å². The molecule has 3 N–H and O–H groups in total. The van der Waals surface area contributed by atoms with E-state index in [1.54, 1.807) is 24.3 Å². The van der Waals surface area contributed by atoms with Gasteiger partial charge in [0.25, 0.3) is 5.91 Å². The summed E-state index contributed by atoms with van der Waals surface area (Å²) in [5.41, 5.74) is 2.71. The van der Waals surface area contributed by atoms with Crippen LogP contribution in [0.5, 0.6) is 0 Å². The molecule has 0 radical (unpaired) electrons. The Morgan fingerprint density at radius 1 is 0.881 bits per heavy atom. The highest BCUT2D eigenvalue weighted by atomic mass is 16.4. The Hall–Kier alpha value is -4.61. The first-order valence-electron chi connectivity index (χ1n) is 14.1. The molecule has 3 aromatic rings. The molecule has 3 aliphatic rings. The first-order valence-corrected chi connectivity index (χ1v) is 14.1. The van der Waals surface area contributed by atoms with Crippen LogP contribution in [0.2, 0.25) is 0 Å². The molecule has 1 aliphatic carbocycles. The maximum Gasteiger partial charge on any atom is 0.287 e. The summed E-state index contributed by atoms with van der Waals surface area (Å²) in [6.07, 6.45) is 0.814. The average molecular weight is 570 g/mol. The zero-order chi connectivity index (χ0) is 29.2. The number of rotatable bonds is 8. The summed E-state index contributed by atoms with van der Waals surface area (Å²) in [4.78, 5) is 66.4. The summed E-state index contributed by atoms with van der Waals surface area (Å²) in [5, 5.41) is 8.45. The number of fused-ring (bicyclic) bond motifs is 2. The van der Waals surface area contributed by atoms with Crippen molar-refractivity contribution in [2.45, 2.75) is 25.4 Å². The van der Waals surface area contributed by atoms with Crippen LogP contribution >= 0.6 is 0 Å². The SMILES string of the molecule is O=C1CCC(Nc2cccc(CN3CCN(CCNC(=O)c4cc5c(o4)C(=O)c4ccccc4C5=O)CC3)c2)C(=O)N1. The van der Waals surface area contributed by atoms with Crippen molar-refractivity contribution >= 4 is 35.0 Å². The number of piperidine rings is 1. The lowest BCUT2D eigenvalue weighted by Gasteiger charge is -2.34. The third-order valence-corrected chi connectivity index (χ3v) is 7.91. The van der Waals surface area contributed by atoms with Gasteiger partial charge in [-0.25, -0.2) is 0 Å². The molecule has 2 aromatic carbocycles. The second kappa shape index (κ2) is 11.7. The predicted molar refractivity (Wildman–Crippen MR) is 152 cm³/mol. The van der Waals surface area contributed by atoms with Gasteiger partial charge in [-0.05, 0) is 24.1 Å².